The minimum Gasteiger partial charge on any atom is -0.330 e. The fourth-order valence-corrected chi connectivity index (χ4v) is 3.70. The van der Waals surface area contributed by atoms with Crippen LogP contribution in [0.15, 0.2) is 18.2 Å². The number of nitrogens with zero attached hydrogens (tertiary/aromatic N) is 2. The zero-order valence-corrected chi connectivity index (χ0v) is 12.2. The fourth-order valence-electron chi connectivity index (χ4n) is 2.42. The van der Waals surface area contributed by atoms with Gasteiger partial charge in [-0.3, -0.25) is 4.90 Å². The Morgan fingerprint density at radius 2 is 2.05 bits per heavy atom. The third-order valence-electron chi connectivity index (χ3n) is 3.48. The molecule has 102 valence electrons. The molecule has 1 aromatic carbocycles. The zero-order valence-electron chi connectivity index (χ0n) is 10.6. The summed E-state index contributed by atoms with van der Waals surface area (Å²) in [6, 6.07) is 4.78. The molecule has 1 aliphatic heterocycles. The van der Waals surface area contributed by atoms with Gasteiger partial charge in [-0.25, -0.2) is 4.39 Å². The number of imidazole rings is 1. The van der Waals surface area contributed by atoms with Crippen molar-refractivity contribution in [1.29, 1.82) is 0 Å². The van der Waals surface area contributed by atoms with Crippen LogP contribution in [0, 0.1) is 10.6 Å². The molecule has 1 aromatic heterocycles. The van der Waals surface area contributed by atoms with E-state index < -0.39 is 0 Å². The maximum atomic E-state index is 13.2. The van der Waals surface area contributed by atoms with Crippen LogP contribution in [0.2, 0.25) is 0 Å². The standard InChI is InChI=1S/C13H16FN3S2/c14-10-1-2-12-11(9-10)15-13(18)17(12)4-3-16-5-7-19-8-6-16/h1-2,9H,3-8H2,(H,15,18). The summed E-state index contributed by atoms with van der Waals surface area (Å²) < 4.78 is 15.9. The van der Waals surface area contributed by atoms with Gasteiger partial charge in [-0.2, -0.15) is 11.8 Å². The summed E-state index contributed by atoms with van der Waals surface area (Å²) in [4.78, 5) is 5.53. The second-order valence-corrected chi connectivity index (χ2v) is 6.31. The molecule has 1 N–H and O–H groups in total. The second-order valence-electron chi connectivity index (χ2n) is 4.70. The van der Waals surface area contributed by atoms with Gasteiger partial charge in [0.2, 0.25) is 0 Å². The van der Waals surface area contributed by atoms with E-state index in [9.17, 15) is 4.39 Å². The summed E-state index contributed by atoms with van der Waals surface area (Å²) in [5, 5.41) is 0. The summed E-state index contributed by atoms with van der Waals surface area (Å²) in [7, 11) is 0. The van der Waals surface area contributed by atoms with Crippen LogP contribution in [0.5, 0.6) is 0 Å². The topological polar surface area (TPSA) is 24.0 Å². The number of aromatic amines is 1. The molecule has 0 spiro atoms. The van der Waals surface area contributed by atoms with Crippen LogP contribution in [-0.2, 0) is 6.54 Å². The summed E-state index contributed by atoms with van der Waals surface area (Å²) in [5.41, 5.74) is 1.76. The highest BCUT2D eigenvalue weighted by atomic mass is 32.2. The Bertz CT molecular complexity index is 628. The van der Waals surface area contributed by atoms with Crippen LogP contribution >= 0.6 is 24.0 Å². The van der Waals surface area contributed by atoms with Gasteiger partial charge in [-0.1, -0.05) is 0 Å². The number of nitrogens with one attached hydrogen (secondary N) is 1. The van der Waals surface area contributed by atoms with Gasteiger partial charge in [0.1, 0.15) is 5.82 Å². The molecule has 2 heterocycles. The SMILES string of the molecule is Fc1ccc2c(c1)[nH]c(=S)n2CCN1CCSCC1. The minimum absolute atomic E-state index is 0.232. The Morgan fingerprint density at radius 1 is 1.26 bits per heavy atom. The molecule has 0 aliphatic carbocycles. The highest BCUT2D eigenvalue weighted by Gasteiger charge is 2.11. The largest absolute Gasteiger partial charge is 0.330 e. The van der Waals surface area contributed by atoms with Crippen molar-refractivity contribution < 1.29 is 4.39 Å². The number of hydrogen-bond acceptors (Lipinski definition) is 3. The van der Waals surface area contributed by atoms with Crippen molar-refractivity contribution in [2.75, 3.05) is 31.1 Å². The number of rotatable bonds is 3. The van der Waals surface area contributed by atoms with E-state index in [0.29, 0.717) is 4.77 Å². The lowest BCUT2D eigenvalue weighted by Gasteiger charge is -2.26. The van der Waals surface area contributed by atoms with Crippen molar-refractivity contribution in [2.45, 2.75) is 6.54 Å². The highest BCUT2D eigenvalue weighted by Crippen LogP contribution is 2.16. The number of benzene rings is 1. The highest BCUT2D eigenvalue weighted by molar-refractivity contribution is 7.99. The first-order valence-electron chi connectivity index (χ1n) is 6.42. The predicted molar refractivity (Wildman–Crippen MR) is 80.8 cm³/mol. The normalized spacial score (nSPS) is 17.1. The molecule has 1 saturated heterocycles. The Morgan fingerprint density at radius 3 is 2.84 bits per heavy atom. The lowest BCUT2D eigenvalue weighted by Crippen LogP contribution is -2.35. The predicted octanol–water partition coefficient (Wildman–Crippen LogP) is 2.89. The first-order valence-corrected chi connectivity index (χ1v) is 7.98. The first kappa shape index (κ1) is 13.1. The van der Waals surface area contributed by atoms with E-state index in [1.165, 1.54) is 23.6 Å². The van der Waals surface area contributed by atoms with Gasteiger partial charge in [0.05, 0.1) is 11.0 Å². The molecule has 0 radical (unpaired) electrons. The van der Waals surface area contributed by atoms with Gasteiger partial charge in [0, 0.05) is 37.7 Å². The molecule has 0 amide bonds. The Hall–Kier alpha value is -0.850. The van der Waals surface area contributed by atoms with E-state index >= 15 is 0 Å². The van der Waals surface area contributed by atoms with Crippen LogP contribution in [-0.4, -0.2) is 45.6 Å². The minimum atomic E-state index is -0.232. The van der Waals surface area contributed by atoms with Crippen LogP contribution in [0.25, 0.3) is 11.0 Å². The van der Waals surface area contributed by atoms with E-state index in [4.69, 9.17) is 12.2 Å². The molecule has 0 saturated carbocycles. The third kappa shape index (κ3) is 2.85. The quantitative estimate of drug-likeness (QED) is 0.882. The van der Waals surface area contributed by atoms with E-state index in [2.05, 4.69) is 14.5 Å². The fraction of sp³-hybridized carbons (Fsp3) is 0.462. The third-order valence-corrected chi connectivity index (χ3v) is 4.74. The second kappa shape index (κ2) is 5.64. The zero-order chi connectivity index (χ0) is 13.2. The Labute approximate surface area is 120 Å². The van der Waals surface area contributed by atoms with Crippen molar-refractivity contribution in [3.05, 3.63) is 28.8 Å². The smallest absolute Gasteiger partial charge is 0.178 e. The van der Waals surface area contributed by atoms with Crippen molar-refractivity contribution in [3.8, 4) is 0 Å². The molecule has 0 atom stereocenters. The average molecular weight is 297 g/mol. The van der Waals surface area contributed by atoms with Crippen LogP contribution < -0.4 is 0 Å². The summed E-state index contributed by atoms with van der Waals surface area (Å²) in [5.74, 6) is 2.19. The van der Waals surface area contributed by atoms with Gasteiger partial charge >= 0.3 is 0 Å². The molecule has 6 heteroatoms. The van der Waals surface area contributed by atoms with Gasteiger partial charge in [0.15, 0.2) is 4.77 Å². The summed E-state index contributed by atoms with van der Waals surface area (Å²) in [6.45, 7) is 4.15. The molecular weight excluding hydrogens is 281 g/mol. The number of thioether (sulfide) groups is 1. The van der Waals surface area contributed by atoms with Crippen LogP contribution in [0.1, 0.15) is 0 Å². The Balaban J connectivity index is 1.80. The lowest BCUT2D eigenvalue weighted by atomic mass is 10.3. The molecule has 3 nitrogen and oxygen atoms in total. The van der Waals surface area contributed by atoms with Crippen molar-refractivity contribution in [1.82, 2.24) is 14.5 Å². The number of H-pyrrole nitrogens is 1. The van der Waals surface area contributed by atoms with Crippen molar-refractivity contribution >= 4 is 35.0 Å². The number of aromatic nitrogens is 2. The molecule has 2 aromatic rings. The molecule has 1 fully saturated rings. The molecule has 0 bridgehead atoms. The monoisotopic (exact) mass is 297 g/mol. The number of hydrogen-bond donors (Lipinski definition) is 1. The molecule has 1 aliphatic rings. The van der Waals surface area contributed by atoms with Gasteiger partial charge < -0.3 is 9.55 Å². The molecule has 3 rings (SSSR count). The summed E-state index contributed by atoms with van der Waals surface area (Å²) >= 11 is 7.34. The first-order chi connectivity index (χ1) is 9.24. The van der Waals surface area contributed by atoms with Crippen LogP contribution in [0.4, 0.5) is 4.39 Å². The maximum absolute atomic E-state index is 13.2. The van der Waals surface area contributed by atoms with E-state index in [-0.39, 0.29) is 5.82 Å². The maximum Gasteiger partial charge on any atom is 0.178 e. The number of halogens is 1. The van der Waals surface area contributed by atoms with E-state index in [1.54, 1.807) is 6.07 Å². The Kier molecular flexibility index (Phi) is 3.91. The van der Waals surface area contributed by atoms with Gasteiger partial charge in [0.25, 0.3) is 0 Å². The van der Waals surface area contributed by atoms with Crippen molar-refractivity contribution in [2.24, 2.45) is 0 Å². The molecule has 19 heavy (non-hydrogen) atoms. The van der Waals surface area contributed by atoms with Gasteiger partial charge in [-0.15, -0.1) is 0 Å². The van der Waals surface area contributed by atoms with Crippen molar-refractivity contribution in [3.63, 3.8) is 0 Å². The summed E-state index contributed by atoms with van der Waals surface area (Å²) in [6.07, 6.45) is 0. The van der Waals surface area contributed by atoms with Gasteiger partial charge in [-0.05, 0) is 30.4 Å². The molecule has 0 unspecified atom stereocenters. The lowest BCUT2D eigenvalue weighted by molar-refractivity contribution is 0.290. The van der Waals surface area contributed by atoms with E-state index in [0.717, 1.165) is 37.2 Å². The average Bonchev–Trinajstić information content (AvgIpc) is 2.72. The van der Waals surface area contributed by atoms with E-state index in [1.807, 2.05) is 11.8 Å². The molecular formula is C13H16FN3S2. The number of fused-ring (bicyclic) bond motifs is 1. The van der Waals surface area contributed by atoms with Crippen LogP contribution in [0.3, 0.4) is 0 Å².